The van der Waals surface area contributed by atoms with E-state index in [0.717, 1.165) is 0 Å². The van der Waals surface area contributed by atoms with Gasteiger partial charge in [-0.2, -0.15) is 0 Å². The minimum Gasteiger partial charge on any atom is -0.0622 e. The summed E-state index contributed by atoms with van der Waals surface area (Å²) in [6.45, 7) is 13.6. The van der Waals surface area contributed by atoms with E-state index in [1.54, 1.807) is 0 Å². The topological polar surface area (TPSA) is 0 Å². The van der Waals surface area contributed by atoms with Crippen molar-refractivity contribution in [2.24, 2.45) is 0 Å². The third kappa shape index (κ3) is 4.34. The lowest BCUT2D eigenvalue weighted by Gasteiger charge is -2.24. The third-order valence-electron chi connectivity index (χ3n) is 8.62. The van der Waals surface area contributed by atoms with Crippen molar-refractivity contribution in [2.75, 3.05) is 0 Å². The summed E-state index contributed by atoms with van der Waals surface area (Å²) < 4.78 is 0. The van der Waals surface area contributed by atoms with E-state index in [0.29, 0.717) is 0 Å². The zero-order valence-corrected chi connectivity index (χ0v) is 24.4. The second kappa shape index (κ2) is 10.3. The minimum atomic E-state index is 1.26. The lowest BCUT2D eigenvalue weighted by molar-refractivity contribution is 1.29. The fourth-order valence-electron chi connectivity index (χ4n) is 6.57. The van der Waals surface area contributed by atoms with Crippen LogP contribution in [-0.2, 0) is 0 Å². The fraction of sp³-hybridized carbons (Fsp3) is 0.150. The van der Waals surface area contributed by atoms with Crippen molar-refractivity contribution in [3.8, 4) is 44.5 Å². The number of benzene rings is 6. The normalized spacial score (nSPS) is 11.2. The van der Waals surface area contributed by atoms with Gasteiger partial charge in [-0.1, -0.05) is 109 Å². The molecule has 0 spiro atoms. The molecule has 0 unspecified atom stereocenters. The van der Waals surface area contributed by atoms with E-state index in [2.05, 4.69) is 151 Å². The Morgan fingerprint density at radius 2 is 1.00 bits per heavy atom. The Labute approximate surface area is 239 Å². The van der Waals surface area contributed by atoms with Gasteiger partial charge in [0.05, 0.1) is 0 Å². The largest absolute Gasteiger partial charge is 0.0622 e. The molecule has 0 heteroatoms. The Bertz CT molecular complexity index is 1860. The summed E-state index contributed by atoms with van der Waals surface area (Å²) >= 11 is 0. The van der Waals surface area contributed by atoms with Crippen LogP contribution in [0, 0.1) is 41.5 Å². The van der Waals surface area contributed by atoms with Crippen molar-refractivity contribution in [1.29, 1.82) is 0 Å². The Kier molecular flexibility index (Phi) is 6.64. The SMILES string of the molecule is Cc1ccc(-c2cc(-c3c(C)cc(C)c(-c4cccc5ccccc45)c3C)c(C)c(C)c2-c2ccccc2)cc1. The Hall–Kier alpha value is -4.42. The quantitative estimate of drug-likeness (QED) is 0.218. The van der Waals surface area contributed by atoms with E-state index in [1.807, 2.05) is 0 Å². The Balaban J connectivity index is 1.67. The minimum absolute atomic E-state index is 1.26. The monoisotopic (exact) mass is 516 g/mol. The predicted octanol–water partition coefficient (Wildman–Crippen LogP) is 11.4. The second-order valence-electron chi connectivity index (χ2n) is 11.2. The van der Waals surface area contributed by atoms with Crippen LogP contribution in [0.3, 0.4) is 0 Å². The lowest BCUT2D eigenvalue weighted by atomic mass is 9.80. The zero-order chi connectivity index (χ0) is 28.0. The first-order valence-corrected chi connectivity index (χ1v) is 14.2. The maximum Gasteiger partial charge on any atom is -0.00730 e. The summed E-state index contributed by atoms with van der Waals surface area (Å²) in [5.41, 5.74) is 18.4. The Morgan fingerprint density at radius 3 is 1.73 bits per heavy atom. The van der Waals surface area contributed by atoms with E-state index in [9.17, 15) is 0 Å². The summed E-state index contributed by atoms with van der Waals surface area (Å²) in [6.07, 6.45) is 0. The first-order chi connectivity index (χ1) is 19.3. The van der Waals surface area contributed by atoms with Gasteiger partial charge in [-0.15, -0.1) is 0 Å². The molecule has 0 radical (unpaired) electrons. The molecule has 6 aromatic rings. The third-order valence-corrected chi connectivity index (χ3v) is 8.62. The van der Waals surface area contributed by atoms with Gasteiger partial charge >= 0.3 is 0 Å². The summed E-state index contributed by atoms with van der Waals surface area (Å²) in [6, 6.07) is 40.1. The van der Waals surface area contributed by atoms with E-state index in [-0.39, 0.29) is 0 Å². The van der Waals surface area contributed by atoms with Crippen LogP contribution < -0.4 is 0 Å². The molecule has 0 amide bonds. The van der Waals surface area contributed by atoms with Crippen LogP contribution in [0.1, 0.15) is 33.4 Å². The van der Waals surface area contributed by atoms with Crippen molar-refractivity contribution in [3.63, 3.8) is 0 Å². The van der Waals surface area contributed by atoms with Gasteiger partial charge in [0.1, 0.15) is 0 Å². The average molecular weight is 517 g/mol. The van der Waals surface area contributed by atoms with Gasteiger partial charge in [-0.3, -0.25) is 0 Å². The first kappa shape index (κ1) is 25.8. The van der Waals surface area contributed by atoms with Gasteiger partial charge in [0, 0.05) is 0 Å². The lowest BCUT2D eigenvalue weighted by Crippen LogP contribution is -2.01. The average Bonchev–Trinajstić information content (AvgIpc) is 2.96. The molecular formula is C40H36. The van der Waals surface area contributed by atoms with Crippen LogP contribution in [0.25, 0.3) is 55.3 Å². The predicted molar refractivity (Wildman–Crippen MR) is 174 cm³/mol. The molecule has 0 fully saturated rings. The maximum absolute atomic E-state index is 2.45. The molecule has 6 aromatic carbocycles. The number of rotatable bonds is 4. The maximum atomic E-state index is 2.45. The highest BCUT2D eigenvalue weighted by Crippen LogP contribution is 2.45. The summed E-state index contributed by atoms with van der Waals surface area (Å²) in [5, 5.41) is 2.58. The summed E-state index contributed by atoms with van der Waals surface area (Å²) in [4.78, 5) is 0. The molecule has 0 saturated carbocycles. The highest BCUT2D eigenvalue weighted by atomic mass is 14.2. The number of aryl methyl sites for hydroxylation is 3. The van der Waals surface area contributed by atoms with Crippen LogP contribution in [-0.4, -0.2) is 0 Å². The molecule has 0 nitrogen and oxygen atoms in total. The van der Waals surface area contributed by atoms with Gasteiger partial charge in [0.15, 0.2) is 0 Å². The van der Waals surface area contributed by atoms with Gasteiger partial charge in [0.2, 0.25) is 0 Å². The summed E-state index contributed by atoms with van der Waals surface area (Å²) in [5.74, 6) is 0. The number of hydrogen-bond acceptors (Lipinski definition) is 0. The zero-order valence-electron chi connectivity index (χ0n) is 24.4. The highest BCUT2D eigenvalue weighted by molar-refractivity contribution is 6.00. The Morgan fingerprint density at radius 1 is 0.375 bits per heavy atom. The smallest absolute Gasteiger partial charge is 0.00730 e. The molecule has 0 atom stereocenters. The highest BCUT2D eigenvalue weighted by Gasteiger charge is 2.21. The molecular weight excluding hydrogens is 480 g/mol. The van der Waals surface area contributed by atoms with Crippen molar-refractivity contribution < 1.29 is 0 Å². The van der Waals surface area contributed by atoms with Crippen LogP contribution in [0.2, 0.25) is 0 Å². The molecule has 0 aliphatic carbocycles. The van der Waals surface area contributed by atoms with Crippen molar-refractivity contribution in [2.45, 2.75) is 41.5 Å². The fourth-order valence-corrected chi connectivity index (χ4v) is 6.57. The van der Waals surface area contributed by atoms with Crippen molar-refractivity contribution in [1.82, 2.24) is 0 Å². The molecule has 0 aliphatic heterocycles. The molecule has 0 aliphatic rings. The van der Waals surface area contributed by atoms with Gasteiger partial charge in [-0.05, 0) is 131 Å². The van der Waals surface area contributed by atoms with Crippen LogP contribution in [0.5, 0.6) is 0 Å². The van der Waals surface area contributed by atoms with E-state index in [1.165, 1.54) is 88.7 Å². The number of fused-ring (bicyclic) bond motifs is 1. The molecule has 0 aromatic heterocycles. The molecule has 0 saturated heterocycles. The second-order valence-corrected chi connectivity index (χ2v) is 11.2. The van der Waals surface area contributed by atoms with Crippen LogP contribution in [0.4, 0.5) is 0 Å². The van der Waals surface area contributed by atoms with Gasteiger partial charge in [0.25, 0.3) is 0 Å². The molecule has 0 bridgehead atoms. The van der Waals surface area contributed by atoms with Crippen molar-refractivity contribution >= 4 is 10.8 Å². The van der Waals surface area contributed by atoms with E-state index < -0.39 is 0 Å². The van der Waals surface area contributed by atoms with Gasteiger partial charge < -0.3 is 0 Å². The van der Waals surface area contributed by atoms with Crippen molar-refractivity contribution in [3.05, 3.63) is 143 Å². The van der Waals surface area contributed by atoms with E-state index in [4.69, 9.17) is 0 Å². The molecule has 196 valence electrons. The number of hydrogen-bond donors (Lipinski definition) is 0. The van der Waals surface area contributed by atoms with E-state index >= 15 is 0 Å². The standard InChI is InChI=1S/C40H36/c1-25-19-21-32(22-20-25)37-24-36(28(4)29(5)40(37)33-14-8-7-9-15-33)39-27(3)23-26(2)38(30(39)6)35-18-12-16-31-13-10-11-17-34(31)35/h7-24H,1-6H3. The van der Waals surface area contributed by atoms with Crippen LogP contribution in [0.15, 0.2) is 109 Å². The summed E-state index contributed by atoms with van der Waals surface area (Å²) in [7, 11) is 0. The van der Waals surface area contributed by atoms with Gasteiger partial charge in [-0.25, -0.2) is 0 Å². The molecule has 40 heavy (non-hydrogen) atoms. The van der Waals surface area contributed by atoms with Crippen LogP contribution >= 0.6 is 0 Å². The molecule has 0 heterocycles. The first-order valence-electron chi connectivity index (χ1n) is 14.2. The molecule has 6 rings (SSSR count). The molecule has 0 N–H and O–H groups in total.